The molecule has 1 aromatic carbocycles. The van der Waals surface area contributed by atoms with E-state index >= 15 is 0 Å². The zero-order chi connectivity index (χ0) is 12.4. The number of aryl methyl sites for hydroxylation is 1. The third-order valence-corrected chi connectivity index (χ3v) is 4.41. The first-order valence-corrected chi connectivity index (χ1v) is 7.21. The van der Waals surface area contributed by atoms with Crippen LogP contribution >= 0.6 is 22.6 Å². The average molecular weight is 343 g/mol. The molecule has 1 fully saturated rings. The van der Waals surface area contributed by atoms with Gasteiger partial charge in [-0.2, -0.15) is 0 Å². The van der Waals surface area contributed by atoms with Gasteiger partial charge in [-0.1, -0.05) is 13.0 Å². The topological polar surface area (TPSA) is 29.1 Å². The highest BCUT2D eigenvalue weighted by Gasteiger charge is 2.28. The van der Waals surface area contributed by atoms with Crippen LogP contribution < -0.4 is 5.32 Å². The molecule has 1 aromatic rings. The van der Waals surface area contributed by atoms with Gasteiger partial charge >= 0.3 is 0 Å². The molecule has 0 heterocycles. The maximum Gasteiger partial charge on any atom is 0.137 e. The number of hydrogen-bond acceptors (Lipinski definition) is 2. The fourth-order valence-corrected chi connectivity index (χ4v) is 3.16. The van der Waals surface area contributed by atoms with Crippen molar-refractivity contribution in [2.45, 2.75) is 39.2 Å². The van der Waals surface area contributed by atoms with Crippen LogP contribution in [-0.4, -0.2) is 11.8 Å². The summed E-state index contributed by atoms with van der Waals surface area (Å²) in [6.07, 6.45) is 2.87. The highest BCUT2D eigenvalue weighted by atomic mass is 127. The van der Waals surface area contributed by atoms with Crippen molar-refractivity contribution in [3.8, 4) is 0 Å². The Kier molecular flexibility index (Phi) is 4.07. The first kappa shape index (κ1) is 12.9. The molecule has 17 heavy (non-hydrogen) atoms. The number of carbonyl (C=O) groups is 1. The quantitative estimate of drug-likeness (QED) is 0.829. The molecular formula is C14H18INO. The van der Waals surface area contributed by atoms with Crippen molar-refractivity contribution >= 4 is 34.1 Å². The number of nitrogens with one attached hydrogen (secondary N) is 1. The minimum atomic E-state index is 0.140. The summed E-state index contributed by atoms with van der Waals surface area (Å²) in [5, 5.41) is 3.53. The number of Topliss-reactive ketones (excluding diaryl/α,β-unsaturated/α-hetero) is 1. The number of hydrogen-bond donors (Lipinski definition) is 1. The van der Waals surface area contributed by atoms with Crippen LogP contribution in [0.1, 0.15) is 31.7 Å². The molecule has 92 valence electrons. The van der Waals surface area contributed by atoms with E-state index in [0.29, 0.717) is 11.8 Å². The molecule has 0 aromatic heterocycles. The van der Waals surface area contributed by atoms with Crippen LogP contribution in [0.25, 0.3) is 0 Å². The number of benzene rings is 1. The van der Waals surface area contributed by atoms with Crippen molar-refractivity contribution in [3.05, 3.63) is 27.3 Å². The standard InChI is InChI=1S/C14H18INO/c1-9-6-7-13(11(15)8-9)16-12-4-3-5-14(17)10(12)2/h6-8,10,12,16H,3-5H2,1-2H3. The van der Waals surface area contributed by atoms with E-state index in [-0.39, 0.29) is 5.92 Å². The van der Waals surface area contributed by atoms with Crippen LogP contribution in [0, 0.1) is 16.4 Å². The van der Waals surface area contributed by atoms with Gasteiger partial charge in [0.2, 0.25) is 0 Å². The lowest BCUT2D eigenvalue weighted by molar-refractivity contribution is -0.124. The fraction of sp³-hybridized carbons (Fsp3) is 0.500. The Balaban J connectivity index is 2.12. The lowest BCUT2D eigenvalue weighted by Crippen LogP contribution is -2.36. The molecule has 0 saturated heterocycles. The second-order valence-corrected chi connectivity index (χ2v) is 6.04. The summed E-state index contributed by atoms with van der Waals surface area (Å²) < 4.78 is 1.23. The summed E-state index contributed by atoms with van der Waals surface area (Å²) in [6, 6.07) is 6.69. The van der Waals surface area contributed by atoms with E-state index in [2.05, 4.69) is 53.0 Å². The average Bonchev–Trinajstić information content (AvgIpc) is 2.28. The van der Waals surface area contributed by atoms with Gasteiger partial charge in [0, 0.05) is 27.6 Å². The van der Waals surface area contributed by atoms with Crippen molar-refractivity contribution < 1.29 is 4.79 Å². The van der Waals surface area contributed by atoms with Crippen LogP contribution in [0.5, 0.6) is 0 Å². The minimum Gasteiger partial charge on any atom is -0.381 e. The summed E-state index contributed by atoms with van der Waals surface area (Å²) in [5.74, 6) is 0.539. The van der Waals surface area contributed by atoms with E-state index in [0.717, 1.165) is 24.9 Å². The van der Waals surface area contributed by atoms with Gasteiger partial charge in [0.25, 0.3) is 0 Å². The van der Waals surface area contributed by atoms with E-state index in [1.54, 1.807) is 0 Å². The van der Waals surface area contributed by atoms with Gasteiger partial charge in [0.1, 0.15) is 5.78 Å². The Labute approximate surface area is 116 Å². The predicted molar refractivity (Wildman–Crippen MR) is 79.3 cm³/mol. The molecular weight excluding hydrogens is 325 g/mol. The molecule has 2 unspecified atom stereocenters. The van der Waals surface area contributed by atoms with Gasteiger partial charge in [0.05, 0.1) is 0 Å². The second kappa shape index (κ2) is 5.38. The minimum absolute atomic E-state index is 0.140. The Morgan fingerprint density at radius 3 is 2.88 bits per heavy atom. The predicted octanol–water partition coefficient (Wildman–Crippen LogP) is 3.77. The molecule has 2 nitrogen and oxygen atoms in total. The Morgan fingerprint density at radius 1 is 1.41 bits per heavy atom. The number of carbonyl (C=O) groups excluding carboxylic acids is 1. The number of halogens is 1. The van der Waals surface area contributed by atoms with Crippen molar-refractivity contribution in [3.63, 3.8) is 0 Å². The van der Waals surface area contributed by atoms with E-state index in [4.69, 9.17) is 0 Å². The molecule has 0 aliphatic heterocycles. The third kappa shape index (κ3) is 3.00. The molecule has 1 aliphatic rings. The maximum absolute atomic E-state index is 11.7. The molecule has 0 radical (unpaired) electrons. The van der Waals surface area contributed by atoms with E-state index in [1.165, 1.54) is 9.13 Å². The highest BCUT2D eigenvalue weighted by molar-refractivity contribution is 14.1. The summed E-state index contributed by atoms with van der Waals surface area (Å²) >= 11 is 2.35. The second-order valence-electron chi connectivity index (χ2n) is 4.88. The molecule has 2 atom stereocenters. The van der Waals surface area contributed by atoms with Crippen molar-refractivity contribution in [2.24, 2.45) is 5.92 Å². The van der Waals surface area contributed by atoms with Crippen LogP contribution in [-0.2, 0) is 4.79 Å². The summed E-state index contributed by atoms with van der Waals surface area (Å²) in [6.45, 7) is 4.14. The molecule has 2 rings (SSSR count). The monoisotopic (exact) mass is 343 g/mol. The zero-order valence-corrected chi connectivity index (χ0v) is 12.5. The molecule has 1 saturated carbocycles. The molecule has 3 heteroatoms. The van der Waals surface area contributed by atoms with Crippen LogP contribution in [0.15, 0.2) is 18.2 Å². The van der Waals surface area contributed by atoms with Crippen LogP contribution in [0.4, 0.5) is 5.69 Å². The summed E-state index contributed by atoms with van der Waals surface area (Å²) in [5.41, 5.74) is 2.43. The highest BCUT2D eigenvalue weighted by Crippen LogP contribution is 2.27. The van der Waals surface area contributed by atoms with Gasteiger partial charge in [0.15, 0.2) is 0 Å². The zero-order valence-electron chi connectivity index (χ0n) is 10.3. The third-order valence-electron chi connectivity index (χ3n) is 3.52. The molecule has 0 spiro atoms. The van der Waals surface area contributed by atoms with Crippen molar-refractivity contribution in [1.82, 2.24) is 0 Å². The Hall–Kier alpha value is -0.580. The molecule has 1 N–H and O–H groups in total. The van der Waals surface area contributed by atoms with Crippen LogP contribution in [0.2, 0.25) is 0 Å². The Morgan fingerprint density at radius 2 is 2.18 bits per heavy atom. The molecule has 0 bridgehead atoms. The van der Waals surface area contributed by atoms with E-state index in [1.807, 2.05) is 6.92 Å². The van der Waals surface area contributed by atoms with E-state index < -0.39 is 0 Å². The maximum atomic E-state index is 11.7. The first-order chi connectivity index (χ1) is 8.08. The summed E-state index contributed by atoms with van der Waals surface area (Å²) in [4.78, 5) is 11.7. The number of rotatable bonds is 2. The normalized spacial score (nSPS) is 24.8. The fourth-order valence-electron chi connectivity index (χ4n) is 2.33. The van der Waals surface area contributed by atoms with Crippen molar-refractivity contribution in [2.75, 3.05) is 5.32 Å². The van der Waals surface area contributed by atoms with Gasteiger partial charge in [-0.05, 0) is 60.1 Å². The number of ketones is 1. The lowest BCUT2D eigenvalue weighted by atomic mass is 9.84. The number of anilines is 1. The van der Waals surface area contributed by atoms with Crippen LogP contribution in [0.3, 0.4) is 0 Å². The van der Waals surface area contributed by atoms with Crippen molar-refractivity contribution in [1.29, 1.82) is 0 Å². The van der Waals surface area contributed by atoms with E-state index in [9.17, 15) is 4.79 Å². The van der Waals surface area contributed by atoms with Gasteiger partial charge in [-0.25, -0.2) is 0 Å². The SMILES string of the molecule is Cc1ccc(NC2CCCC(=O)C2C)c(I)c1. The summed E-state index contributed by atoms with van der Waals surface area (Å²) in [7, 11) is 0. The van der Waals surface area contributed by atoms with Gasteiger partial charge in [-0.3, -0.25) is 4.79 Å². The molecule has 0 amide bonds. The Bertz CT molecular complexity index is 430. The largest absolute Gasteiger partial charge is 0.381 e. The first-order valence-electron chi connectivity index (χ1n) is 6.13. The van der Waals surface area contributed by atoms with Gasteiger partial charge in [-0.15, -0.1) is 0 Å². The lowest BCUT2D eigenvalue weighted by Gasteiger charge is -2.29. The smallest absolute Gasteiger partial charge is 0.137 e. The van der Waals surface area contributed by atoms with Gasteiger partial charge < -0.3 is 5.32 Å². The molecule has 1 aliphatic carbocycles.